The lowest BCUT2D eigenvalue weighted by molar-refractivity contribution is 0.773. The topological polar surface area (TPSA) is 12.9 Å². The molecule has 2 heterocycles. The lowest BCUT2D eigenvalue weighted by atomic mass is 9.67. The van der Waals surface area contributed by atoms with Crippen LogP contribution in [0.25, 0.3) is 20.5 Å². The molecule has 0 saturated carbocycles. The van der Waals surface area contributed by atoms with E-state index in [1.165, 1.54) is 42.8 Å². The summed E-state index contributed by atoms with van der Waals surface area (Å²) in [5.41, 5.74) is 6.23. The van der Waals surface area contributed by atoms with Gasteiger partial charge in [-0.15, -0.1) is 11.3 Å². The Morgan fingerprint density at radius 2 is 1.52 bits per heavy atom. The highest BCUT2D eigenvalue weighted by Crippen LogP contribution is 2.60. The second-order valence-corrected chi connectivity index (χ2v) is 9.20. The van der Waals surface area contributed by atoms with Crippen LogP contribution in [0.4, 0.5) is 0 Å². The molecular formula is C26H16BrNS. The molecule has 3 aromatic carbocycles. The summed E-state index contributed by atoms with van der Waals surface area (Å²) in [5.74, 6) is 0. The van der Waals surface area contributed by atoms with Crippen molar-refractivity contribution >= 4 is 37.4 Å². The molecule has 0 N–H and O–H groups in total. The Kier molecular flexibility index (Phi) is 3.77. The van der Waals surface area contributed by atoms with Gasteiger partial charge in [-0.1, -0.05) is 72.8 Å². The number of aromatic nitrogens is 1. The van der Waals surface area contributed by atoms with E-state index in [2.05, 4.69) is 112 Å². The maximum Gasteiger partial charge on any atom is 0.106 e. The van der Waals surface area contributed by atoms with Gasteiger partial charge in [0.25, 0.3) is 0 Å². The van der Waals surface area contributed by atoms with Crippen LogP contribution in [-0.2, 0) is 5.41 Å². The summed E-state index contributed by atoms with van der Waals surface area (Å²) in [7, 11) is 0. The van der Waals surface area contributed by atoms with Gasteiger partial charge in [0.15, 0.2) is 0 Å². The Balaban J connectivity index is 1.87. The van der Waals surface area contributed by atoms with E-state index in [1.807, 2.05) is 17.5 Å². The zero-order valence-corrected chi connectivity index (χ0v) is 17.9. The molecule has 3 heteroatoms. The van der Waals surface area contributed by atoms with Crippen molar-refractivity contribution in [1.82, 2.24) is 4.98 Å². The molecule has 1 aliphatic carbocycles. The average Bonchev–Trinajstić information content (AvgIpc) is 3.28. The van der Waals surface area contributed by atoms with Crippen molar-refractivity contribution in [3.05, 3.63) is 124 Å². The highest BCUT2D eigenvalue weighted by Gasteiger charge is 2.48. The molecule has 0 radical (unpaired) electrons. The number of pyridine rings is 1. The van der Waals surface area contributed by atoms with Gasteiger partial charge in [-0.3, -0.25) is 0 Å². The fourth-order valence-electron chi connectivity index (χ4n) is 4.84. The monoisotopic (exact) mass is 453 g/mol. The van der Waals surface area contributed by atoms with Gasteiger partial charge in [0.1, 0.15) is 4.60 Å². The van der Waals surface area contributed by atoms with E-state index in [9.17, 15) is 0 Å². The molecule has 0 fully saturated rings. The third-order valence-electron chi connectivity index (χ3n) is 5.91. The van der Waals surface area contributed by atoms with Crippen LogP contribution in [0.2, 0.25) is 0 Å². The van der Waals surface area contributed by atoms with Gasteiger partial charge < -0.3 is 0 Å². The summed E-state index contributed by atoms with van der Waals surface area (Å²) < 4.78 is 2.19. The molecule has 6 rings (SSSR count). The minimum absolute atomic E-state index is 0.363. The first-order chi connectivity index (χ1) is 14.3. The number of nitrogens with zero attached hydrogens (tertiary/aromatic N) is 1. The molecule has 1 nitrogen and oxygen atoms in total. The minimum atomic E-state index is -0.363. The molecule has 0 amide bonds. The highest BCUT2D eigenvalue weighted by atomic mass is 79.9. The Morgan fingerprint density at radius 1 is 0.759 bits per heavy atom. The Labute approximate surface area is 181 Å². The van der Waals surface area contributed by atoms with Crippen molar-refractivity contribution in [1.29, 1.82) is 0 Å². The molecule has 0 saturated heterocycles. The van der Waals surface area contributed by atoms with Crippen LogP contribution >= 0.6 is 27.3 Å². The average molecular weight is 454 g/mol. The summed E-state index contributed by atoms with van der Waals surface area (Å²) >= 11 is 5.52. The summed E-state index contributed by atoms with van der Waals surface area (Å²) in [6.07, 6.45) is 1.90. The van der Waals surface area contributed by atoms with Crippen molar-refractivity contribution in [3.63, 3.8) is 0 Å². The van der Waals surface area contributed by atoms with Gasteiger partial charge >= 0.3 is 0 Å². The van der Waals surface area contributed by atoms with Crippen molar-refractivity contribution in [2.24, 2.45) is 0 Å². The predicted octanol–water partition coefficient (Wildman–Crippen LogP) is 7.42. The first kappa shape index (κ1) is 17.1. The summed E-state index contributed by atoms with van der Waals surface area (Å²) in [6, 6.07) is 32.9. The van der Waals surface area contributed by atoms with Crippen molar-refractivity contribution < 1.29 is 0 Å². The lowest BCUT2D eigenvalue weighted by Crippen LogP contribution is -2.28. The number of rotatable bonds is 2. The third-order valence-corrected chi connectivity index (χ3v) is 7.55. The first-order valence-corrected chi connectivity index (χ1v) is 11.2. The molecule has 5 aromatic rings. The summed E-state index contributed by atoms with van der Waals surface area (Å²) in [4.78, 5) is 5.79. The normalized spacial score (nSPS) is 17.3. The van der Waals surface area contributed by atoms with Crippen LogP contribution < -0.4 is 0 Å². The minimum Gasteiger partial charge on any atom is -0.249 e. The Bertz CT molecular complexity index is 1370. The van der Waals surface area contributed by atoms with Crippen LogP contribution in [-0.4, -0.2) is 4.98 Å². The molecule has 1 unspecified atom stereocenters. The molecule has 0 spiro atoms. The van der Waals surface area contributed by atoms with Crippen molar-refractivity contribution in [3.8, 4) is 10.4 Å². The van der Waals surface area contributed by atoms with E-state index >= 15 is 0 Å². The zero-order chi connectivity index (χ0) is 19.4. The molecule has 2 aromatic heterocycles. The number of hydrogen-bond acceptors (Lipinski definition) is 2. The van der Waals surface area contributed by atoms with Gasteiger partial charge in [0.05, 0.1) is 5.41 Å². The highest BCUT2D eigenvalue weighted by molar-refractivity contribution is 9.10. The number of benzene rings is 3. The molecule has 1 atom stereocenters. The van der Waals surface area contributed by atoms with Gasteiger partial charge in [0, 0.05) is 15.8 Å². The molecule has 1 aliphatic rings. The first-order valence-electron chi connectivity index (χ1n) is 9.59. The SMILES string of the molecule is Brc1cc(C2(c3ccccc3)c3ccccc3-c3sc4ccccc4c32)ccn1. The second kappa shape index (κ2) is 6.38. The lowest BCUT2D eigenvalue weighted by Gasteiger charge is -2.33. The third kappa shape index (κ3) is 2.29. The molecule has 0 aliphatic heterocycles. The number of thiophene rings is 1. The zero-order valence-electron chi connectivity index (χ0n) is 15.5. The van der Waals surface area contributed by atoms with Gasteiger partial charge in [-0.05, 0) is 67.3 Å². The van der Waals surface area contributed by atoms with E-state index in [0.29, 0.717) is 0 Å². The van der Waals surface area contributed by atoms with Crippen molar-refractivity contribution in [2.75, 3.05) is 0 Å². The van der Waals surface area contributed by atoms with Crippen molar-refractivity contribution in [2.45, 2.75) is 5.41 Å². The Hall–Kier alpha value is -2.75. The van der Waals surface area contributed by atoms with Crippen LogP contribution in [0.5, 0.6) is 0 Å². The Morgan fingerprint density at radius 3 is 2.38 bits per heavy atom. The number of halogens is 1. The smallest absolute Gasteiger partial charge is 0.106 e. The second-order valence-electron chi connectivity index (χ2n) is 7.33. The largest absolute Gasteiger partial charge is 0.249 e. The molecule has 0 bridgehead atoms. The van der Waals surface area contributed by atoms with Crippen LogP contribution in [0.3, 0.4) is 0 Å². The van der Waals surface area contributed by atoms with E-state index in [4.69, 9.17) is 0 Å². The maximum absolute atomic E-state index is 4.42. The van der Waals surface area contributed by atoms with E-state index in [-0.39, 0.29) is 5.41 Å². The summed E-state index contributed by atoms with van der Waals surface area (Å²) in [5, 5.41) is 1.33. The maximum atomic E-state index is 4.42. The van der Waals surface area contributed by atoms with Gasteiger partial charge in [-0.25, -0.2) is 4.98 Å². The molecule has 138 valence electrons. The molecular weight excluding hydrogens is 438 g/mol. The van der Waals surface area contributed by atoms with Crippen LogP contribution in [0, 0.1) is 0 Å². The fraction of sp³-hybridized carbons (Fsp3) is 0.0385. The van der Waals surface area contributed by atoms with Gasteiger partial charge in [-0.2, -0.15) is 0 Å². The van der Waals surface area contributed by atoms with E-state index in [1.54, 1.807) is 0 Å². The van der Waals surface area contributed by atoms with E-state index in [0.717, 1.165) is 4.60 Å². The van der Waals surface area contributed by atoms with Gasteiger partial charge in [0.2, 0.25) is 0 Å². The quantitative estimate of drug-likeness (QED) is 0.248. The predicted molar refractivity (Wildman–Crippen MR) is 125 cm³/mol. The van der Waals surface area contributed by atoms with Crippen LogP contribution in [0.1, 0.15) is 22.3 Å². The van der Waals surface area contributed by atoms with Crippen LogP contribution in [0.15, 0.2) is 102 Å². The number of fused-ring (bicyclic) bond motifs is 5. The number of hydrogen-bond donors (Lipinski definition) is 0. The standard InChI is InChI=1S/C26H16BrNS/c27-23-16-18(14-15-28-23)26(17-8-2-1-3-9-17)21-12-6-4-10-19(21)25-24(26)20-11-5-7-13-22(20)29-25/h1-16H. The van der Waals surface area contributed by atoms with E-state index < -0.39 is 0 Å². The summed E-state index contributed by atoms with van der Waals surface area (Å²) in [6.45, 7) is 0. The molecule has 29 heavy (non-hydrogen) atoms. The fourth-order valence-corrected chi connectivity index (χ4v) is 6.50.